The highest BCUT2D eigenvalue weighted by Gasteiger charge is 2.76. The first-order valence-corrected chi connectivity index (χ1v) is 6.07. The van der Waals surface area contributed by atoms with Crippen molar-refractivity contribution >= 4 is 5.78 Å². The average molecular weight is 186 g/mol. The van der Waals surface area contributed by atoms with Gasteiger partial charge in [0, 0.05) is 12.3 Å². The molecule has 0 radical (unpaired) electrons. The standard InChI is InChI=1S/C13H14O/c14-8-4-7-9-5-1-2-6(3-5)10(9)13-11(7)12(8)13/h1-2,5-7,9-13H,3-4H2. The first kappa shape index (κ1) is 6.81. The Bertz CT molecular complexity index is 371. The fraction of sp³-hybridized carbons (Fsp3) is 0.769. The Labute approximate surface area is 83.6 Å². The molecule has 0 aliphatic heterocycles. The Kier molecular flexibility index (Phi) is 0.850. The largest absolute Gasteiger partial charge is 0.299 e. The molecule has 1 heteroatoms. The molecule has 0 aromatic carbocycles. The van der Waals surface area contributed by atoms with Crippen molar-refractivity contribution in [3.63, 3.8) is 0 Å². The topological polar surface area (TPSA) is 17.1 Å². The molecule has 8 unspecified atom stereocenters. The van der Waals surface area contributed by atoms with Crippen LogP contribution in [0.3, 0.4) is 0 Å². The zero-order valence-corrected chi connectivity index (χ0v) is 8.10. The molecule has 0 N–H and O–H groups in total. The summed E-state index contributed by atoms with van der Waals surface area (Å²) >= 11 is 0. The normalized spacial score (nSPS) is 70.1. The van der Waals surface area contributed by atoms with Gasteiger partial charge in [-0.15, -0.1) is 0 Å². The number of hydrogen-bond donors (Lipinski definition) is 0. The number of carbonyl (C=O) groups excluding carboxylic acids is 1. The van der Waals surface area contributed by atoms with Crippen LogP contribution >= 0.6 is 0 Å². The minimum atomic E-state index is 0.550. The average Bonchev–Trinajstić information content (AvgIpc) is 2.58. The summed E-state index contributed by atoms with van der Waals surface area (Å²) in [7, 11) is 0. The second-order valence-electron chi connectivity index (χ2n) is 6.12. The van der Waals surface area contributed by atoms with Gasteiger partial charge in [0.25, 0.3) is 0 Å². The molecule has 0 aromatic rings. The van der Waals surface area contributed by atoms with Crippen LogP contribution in [0.4, 0.5) is 0 Å². The number of Topliss-reactive ketones (excluding diaryl/α,β-unsaturated/α-hetero) is 1. The van der Waals surface area contributed by atoms with Crippen LogP contribution in [0.25, 0.3) is 0 Å². The monoisotopic (exact) mass is 186 g/mol. The molecule has 0 amide bonds. The van der Waals surface area contributed by atoms with Gasteiger partial charge in [0.1, 0.15) is 5.78 Å². The molecule has 4 saturated carbocycles. The summed E-state index contributed by atoms with van der Waals surface area (Å²) < 4.78 is 0. The maximum absolute atomic E-state index is 11.7. The lowest BCUT2D eigenvalue weighted by Crippen LogP contribution is -2.22. The number of hydrogen-bond acceptors (Lipinski definition) is 1. The number of ketones is 1. The smallest absolute Gasteiger partial charge is 0.136 e. The lowest BCUT2D eigenvalue weighted by atomic mass is 9.78. The van der Waals surface area contributed by atoms with Crippen LogP contribution in [0.2, 0.25) is 0 Å². The third-order valence-electron chi connectivity index (χ3n) is 5.96. The molecule has 0 aromatic heterocycles. The Morgan fingerprint density at radius 1 is 1.00 bits per heavy atom. The molecule has 5 rings (SSSR count). The lowest BCUT2D eigenvalue weighted by molar-refractivity contribution is -0.119. The molecule has 2 bridgehead atoms. The number of rotatable bonds is 0. The van der Waals surface area contributed by atoms with Gasteiger partial charge in [-0.1, -0.05) is 12.2 Å². The SMILES string of the molecule is O=C1CC2C3C4C=CC(C4)C3C3C1C23. The van der Waals surface area contributed by atoms with Crippen molar-refractivity contribution in [2.45, 2.75) is 12.8 Å². The molecule has 1 nitrogen and oxygen atoms in total. The number of fused-ring (bicyclic) bond motifs is 8. The predicted molar refractivity (Wildman–Crippen MR) is 51.3 cm³/mol. The quantitative estimate of drug-likeness (QED) is 0.528. The van der Waals surface area contributed by atoms with Gasteiger partial charge in [0.2, 0.25) is 0 Å². The van der Waals surface area contributed by atoms with E-state index in [0.717, 1.165) is 47.8 Å². The predicted octanol–water partition coefficient (Wildman–Crippen LogP) is 1.89. The maximum Gasteiger partial charge on any atom is 0.136 e. The van der Waals surface area contributed by atoms with Crippen LogP contribution < -0.4 is 0 Å². The van der Waals surface area contributed by atoms with E-state index in [-0.39, 0.29) is 0 Å². The van der Waals surface area contributed by atoms with E-state index >= 15 is 0 Å². The molecule has 0 heterocycles. The van der Waals surface area contributed by atoms with E-state index in [0.29, 0.717) is 11.7 Å². The summed E-state index contributed by atoms with van der Waals surface area (Å²) in [6.07, 6.45) is 7.28. The van der Waals surface area contributed by atoms with Gasteiger partial charge in [0.15, 0.2) is 0 Å². The van der Waals surface area contributed by atoms with Crippen molar-refractivity contribution in [2.75, 3.05) is 0 Å². The third kappa shape index (κ3) is 0.487. The zero-order chi connectivity index (χ0) is 9.02. The van der Waals surface area contributed by atoms with Gasteiger partial charge < -0.3 is 0 Å². The minimum absolute atomic E-state index is 0.550. The van der Waals surface area contributed by atoms with Crippen molar-refractivity contribution in [2.24, 2.45) is 47.3 Å². The molecule has 5 aliphatic rings. The Morgan fingerprint density at radius 2 is 1.79 bits per heavy atom. The van der Waals surface area contributed by atoms with E-state index in [4.69, 9.17) is 0 Å². The van der Waals surface area contributed by atoms with Gasteiger partial charge in [-0.2, -0.15) is 0 Å². The zero-order valence-electron chi connectivity index (χ0n) is 8.10. The van der Waals surface area contributed by atoms with Crippen LogP contribution in [0, 0.1) is 47.3 Å². The first-order chi connectivity index (χ1) is 6.86. The summed E-state index contributed by atoms with van der Waals surface area (Å²) in [4.78, 5) is 11.7. The summed E-state index contributed by atoms with van der Waals surface area (Å²) in [6.45, 7) is 0. The molecule has 14 heavy (non-hydrogen) atoms. The van der Waals surface area contributed by atoms with Gasteiger partial charge in [-0.3, -0.25) is 4.79 Å². The molecular formula is C13H14O. The van der Waals surface area contributed by atoms with Gasteiger partial charge in [0.05, 0.1) is 0 Å². The van der Waals surface area contributed by atoms with Gasteiger partial charge in [-0.05, 0) is 47.8 Å². The van der Waals surface area contributed by atoms with Crippen molar-refractivity contribution in [3.05, 3.63) is 12.2 Å². The molecule has 72 valence electrons. The fourth-order valence-corrected chi connectivity index (χ4v) is 5.78. The van der Waals surface area contributed by atoms with Crippen molar-refractivity contribution in [1.82, 2.24) is 0 Å². The summed E-state index contributed by atoms with van der Waals surface area (Å²) in [5.41, 5.74) is 0. The molecule has 4 fully saturated rings. The number of carbonyl (C=O) groups is 1. The van der Waals surface area contributed by atoms with Crippen molar-refractivity contribution in [1.29, 1.82) is 0 Å². The van der Waals surface area contributed by atoms with Crippen LogP contribution in [-0.2, 0) is 4.79 Å². The second-order valence-corrected chi connectivity index (χ2v) is 6.12. The van der Waals surface area contributed by atoms with Crippen LogP contribution in [0.1, 0.15) is 12.8 Å². The van der Waals surface area contributed by atoms with Gasteiger partial charge >= 0.3 is 0 Å². The second kappa shape index (κ2) is 1.75. The van der Waals surface area contributed by atoms with E-state index in [1.165, 1.54) is 6.42 Å². The van der Waals surface area contributed by atoms with Crippen LogP contribution in [-0.4, -0.2) is 5.78 Å². The van der Waals surface area contributed by atoms with Crippen LogP contribution in [0.5, 0.6) is 0 Å². The maximum atomic E-state index is 11.7. The Balaban J connectivity index is 1.68. The lowest BCUT2D eigenvalue weighted by Gasteiger charge is -2.26. The highest BCUT2D eigenvalue weighted by Crippen LogP contribution is 2.77. The summed E-state index contributed by atoms with van der Waals surface area (Å²) in [5.74, 6) is 7.33. The highest BCUT2D eigenvalue weighted by molar-refractivity contribution is 5.88. The Hall–Kier alpha value is -0.590. The van der Waals surface area contributed by atoms with E-state index in [2.05, 4.69) is 12.2 Å². The molecule has 8 atom stereocenters. The van der Waals surface area contributed by atoms with Crippen molar-refractivity contribution in [3.8, 4) is 0 Å². The number of allylic oxidation sites excluding steroid dienone is 2. The van der Waals surface area contributed by atoms with E-state index < -0.39 is 0 Å². The van der Waals surface area contributed by atoms with Gasteiger partial charge in [-0.25, -0.2) is 0 Å². The molecule has 0 spiro atoms. The van der Waals surface area contributed by atoms with E-state index in [1.807, 2.05) is 0 Å². The summed E-state index contributed by atoms with van der Waals surface area (Å²) in [5, 5.41) is 0. The van der Waals surface area contributed by atoms with E-state index in [1.54, 1.807) is 0 Å². The molecule has 5 aliphatic carbocycles. The third-order valence-corrected chi connectivity index (χ3v) is 5.96. The first-order valence-electron chi connectivity index (χ1n) is 6.07. The fourth-order valence-electron chi connectivity index (χ4n) is 5.78. The summed E-state index contributed by atoms with van der Waals surface area (Å²) in [6, 6.07) is 0. The van der Waals surface area contributed by atoms with E-state index in [9.17, 15) is 4.79 Å². The molecule has 0 saturated heterocycles. The minimum Gasteiger partial charge on any atom is -0.299 e. The Morgan fingerprint density at radius 3 is 2.64 bits per heavy atom. The van der Waals surface area contributed by atoms with Crippen LogP contribution in [0.15, 0.2) is 12.2 Å². The van der Waals surface area contributed by atoms with Crippen molar-refractivity contribution < 1.29 is 4.79 Å². The molecular weight excluding hydrogens is 172 g/mol. The highest BCUT2D eigenvalue weighted by atomic mass is 16.1.